The Kier molecular flexibility index (Phi) is 6.29. The maximum absolute atomic E-state index is 10.5. The van der Waals surface area contributed by atoms with Gasteiger partial charge in [-0.3, -0.25) is 0 Å². The molecule has 0 aliphatic heterocycles. The Labute approximate surface area is 135 Å². The molecule has 0 radical (unpaired) electrons. The number of aliphatic carboxylic acids is 1. The molecule has 2 aromatic carbocycles. The van der Waals surface area contributed by atoms with E-state index in [0.717, 1.165) is 11.1 Å². The fourth-order valence-electron chi connectivity index (χ4n) is 2.04. The summed E-state index contributed by atoms with van der Waals surface area (Å²) >= 11 is 0. The van der Waals surface area contributed by atoms with Crippen LogP contribution >= 0.6 is 0 Å². The van der Waals surface area contributed by atoms with Gasteiger partial charge in [0, 0.05) is 5.97 Å². The van der Waals surface area contributed by atoms with Crippen LogP contribution in [0.25, 0.3) is 11.1 Å². The maximum atomic E-state index is 10.5. The van der Waals surface area contributed by atoms with E-state index in [0.29, 0.717) is 6.42 Å². The maximum Gasteiger partial charge on any atom is 1.00 e. The van der Waals surface area contributed by atoms with E-state index in [9.17, 15) is 9.90 Å². The van der Waals surface area contributed by atoms with E-state index in [-0.39, 0.29) is 36.0 Å². The molecule has 0 heterocycles. The van der Waals surface area contributed by atoms with Gasteiger partial charge in [-0.15, -0.1) is 0 Å². The molecule has 0 unspecified atom stereocenters. The number of carbonyl (C=O) groups is 1. The summed E-state index contributed by atoms with van der Waals surface area (Å²) in [5, 5.41) is 10.5. The number of carboxylic acids is 1. The predicted molar refractivity (Wildman–Crippen MR) is 69.9 cm³/mol. The van der Waals surface area contributed by atoms with E-state index >= 15 is 0 Å². The second-order valence-corrected chi connectivity index (χ2v) is 4.39. The van der Waals surface area contributed by atoms with Crippen LogP contribution in [0, 0.1) is 6.92 Å². The van der Waals surface area contributed by atoms with Crippen molar-refractivity contribution in [3.63, 3.8) is 0 Å². The van der Waals surface area contributed by atoms with Gasteiger partial charge in [0.25, 0.3) is 0 Å². The molecule has 2 nitrogen and oxygen atoms in total. The molecule has 0 aromatic heterocycles. The Balaban J connectivity index is 0.00000180. The third-order valence-electron chi connectivity index (χ3n) is 3.00. The molecular weight excluding hydrogens is 247 g/mol. The Morgan fingerprint density at radius 2 is 1.84 bits per heavy atom. The van der Waals surface area contributed by atoms with Crippen LogP contribution in [0.15, 0.2) is 48.5 Å². The van der Waals surface area contributed by atoms with Crippen LogP contribution in [-0.2, 0) is 11.2 Å². The van der Waals surface area contributed by atoms with Crippen LogP contribution < -0.4 is 34.7 Å². The van der Waals surface area contributed by atoms with Crippen molar-refractivity contribution in [3.05, 3.63) is 59.7 Å². The van der Waals surface area contributed by atoms with Gasteiger partial charge >= 0.3 is 29.6 Å². The van der Waals surface area contributed by atoms with Crippen LogP contribution in [0.3, 0.4) is 0 Å². The van der Waals surface area contributed by atoms with Crippen molar-refractivity contribution in [1.29, 1.82) is 0 Å². The van der Waals surface area contributed by atoms with Gasteiger partial charge in [-0.05, 0) is 42.0 Å². The molecule has 0 aliphatic carbocycles. The van der Waals surface area contributed by atoms with Gasteiger partial charge < -0.3 is 9.90 Å². The Morgan fingerprint density at radius 1 is 1.11 bits per heavy atom. The van der Waals surface area contributed by atoms with Crippen LogP contribution in [0.4, 0.5) is 0 Å². The van der Waals surface area contributed by atoms with Crippen molar-refractivity contribution in [1.82, 2.24) is 0 Å². The topological polar surface area (TPSA) is 40.1 Å². The van der Waals surface area contributed by atoms with Crippen LogP contribution in [0.1, 0.15) is 17.5 Å². The first kappa shape index (κ1) is 16.0. The number of rotatable bonds is 4. The number of aryl methyl sites for hydroxylation is 2. The van der Waals surface area contributed by atoms with Crippen LogP contribution in [0.5, 0.6) is 0 Å². The minimum atomic E-state index is -1.00. The zero-order chi connectivity index (χ0) is 13.0. The first-order chi connectivity index (χ1) is 8.66. The fraction of sp³-hybridized carbons (Fsp3) is 0.188. The summed E-state index contributed by atoms with van der Waals surface area (Å²) in [5.74, 6) is -1.00. The van der Waals surface area contributed by atoms with Gasteiger partial charge in [0.05, 0.1) is 0 Å². The first-order valence-electron chi connectivity index (χ1n) is 6.01. The zero-order valence-corrected chi connectivity index (χ0v) is 13.3. The summed E-state index contributed by atoms with van der Waals surface area (Å²) in [6, 6.07) is 16.2. The molecule has 2 aromatic rings. The normalized spacial score (nSPS) is 9.74. The summed E-state index contributed by atoms with van der Waals surface area (Å²) < 4.78 is 0. The van der Waals surface area contributed by atoms with Gasteiger partial charge in [0.2, 0.25) is 0 Å². The molecule has 92 valence electrons. The molecule has 0 saturated carbocycles. The molecule has 0 atom stereocenters. The fourth-order valence-corrected chi connectivity index (χ4v) is 2.04. The third kappa shape index (κ3) is 4.50. The minimum absolute atomic E-state index is 0. The smallest absolute Gasteiger partial charge is 0.550 e. The Morgan fingerprint density at radius 3 is 2.53 bits per heavy atom. The molecule has 0 N–H and O–H groups in total. The van der Waals surface area contributed by atoms with Crippen molar-refractivity contribution < 1.29 is 39.5 Å². The molecule has 19 heavy (non-hydrogen) atoms. The van der Waals surface area contributed by atoms with Crippen LogP contribution in [-0.4, -0.2) is 5.97 Å². The largest absolute Gasteiger partial charge is 1.00 e. The van der Waals surface area contributed by atoms with Gasteiger partial charge in [0.1, 0.15) is 0 Å². The van der Waals surface area contributed by atoms with E-state index in [2.05, 4.69) is 19.1 Å². The van der Waals surface area contributed by atoms with Gasteiger partial charge in [-0.1, -0.05) is 48.5 Å². The summed E-state index contributed by atoms with van der Waals surface area (Å²) in [4.78, 5) is 10.5. The summed E-state index contributed by atoms with van der Waals surface area (Å²) in [6.45, 7) is 2.07. The summed E-state index contributed by atoms with van der Waals surface area (Å²) in [5.41, 5.74) is 4.56. The molecule has 0 aliphatic rings. The first-order valence-corrected chi connectivity index (χ1v) is 6.01. The average molecular weight is 262 g/mol. The molecular formula is C16H15NaO2. The minimum Gasteiger partial charge on any atom is -0.550 e. The van der Waals surface area contributed by atoms with Crippen molar-refractivity contribution in [2.45, 2.75) is 19.8 Å². The van der Waals surface area contributed by atoms with Crippen molar-refractivity contribution in [3.8, 4) is 11.1 Å². The van der Waals surface area contributed by atoms with E-state index in [4.69, 9.17) is 0 Å². The van der Waals surface area contributed by atoms with Crippen LogP contribution in [0.2, 0.25) is 0 Å². The quantitative estimate of drug-likeness (QED) is 0.687. The molecule has 0 fully saturated rings. The number of hydrogen-bond donors (Lipinski definition) is 0. The second kappa shape index (κ2) is 7.49. The molecule has 0 bridgehead atoms. The molecule has 0 amide bonds. The van der Waals surface area contributed by atoms with E-state index in [1.807, 2.05) is 36.4 Å². The van der Waals surface area contributed by atoms with Gasteiger partial charge in [-0.2, -0.15) is 0 Å². The SMILES string of the molecule is Cc1ccccc1-c1cccc(CCC(=O)[O-])c1.[Na+]. The van der Waals surface area contributed by atoms with Gasteiger partial charge in [0.15, 0.2) is 0 Å². The zero-order valence-electron chi connectivity index (χ0n) is 11.3. The van der Waals surface area contributed by atoms with Gasteiger partial charge in [-0.25, -0.2) is 0 Å². The van der Waals surface area contributed by atoms with E-state index < -0.39 is 5.97 Å². The molecule has 0 saturated heterocycles. The molecule has 2 rings (SSSR count). The standard InChI is InChI=1S/C16H16O2.Na/c1-12-5-2-3-8-15(12)14-7-4-6-13(11-14)9-10-16(17)18;/h2-8,11H,9-10H2,1H3,(H,17,18);/q;+1/p-1. The predicted octanol–water partition coefficient (Wildman–Crippen LogP) is -0.651. The van der Waals surface area contributed by atoms with E-state index in [1.165, 1.54) is 11.1 Å². The third-order valence-corrected chi connectivity index (χ3v) is 3.00. The number of benzene rings is 2. The van der Waals surface area contributed by atoms with Crippen molar-refractivity contribution >= 4 is 5.97 Å². The molecule has 0 spiro atoms. The van der Waals surface area contributed by atoms with Crippen molar-refractivity contribution in [2.24, 2.45) is 0 Å². The second-order valence-electron chi connectivity index (χ2n) is 4.39. The Hall–Kier alpha value is -1.09. The van der Waals surface area contributed by atoms with E-state index in [1.54, 1.807) is 0 Å². The molecule has 3 heteroatoms. The number of hydrogen-bond acceptors (Lipinski definition) is 2. The number of carboxylic acid groups (broad SMARTS) is 1. The summed E-state index contributed by atoms with van der Waals surface area (Å²) in [6.07, 6.45) is 0.583. The Bertz CT molecular complexity index is 564. The summed E-state index contributed by atoms with van der Waals surface area (Å²) in [7, 11) is 0. The monoisotopic (exact) mass is 262 g/mol. The van der Waals surface area contributed by atoms with Crippen molar-refractivity contribution in [2.75, 3.05) is 0 Å². The average Bonchev–Trinajstić information content (AvgIpc) is 2.37. The number of carbonyl (C=O) groups excluding carboxylic acids is 1.